The van der Waals surface area contributed by atoms with E-state index in [-0.39, 0.29) is 5.91 Å². The third-order valence-electron chi connectivity index (χ3n) is 4.80. The number of methoxy groups -OCH3 is 1. The second kappa shape index (κ2) is 9.36. The lowest BCUT2D eigenvalue weighted by Crippen LogP contribution is -2.11. The smallest absolute Gasteiger partial charge is 0.286 e. The topological polar surface area (TPSA) is 106 Å². The zero-order valence-electron chi connectivity index (χ0n) is 16.1. The van der Waals surface area contributed by atoms with Crippen LogP contribution in [0.4, 0.5) is 5.69 Å². The second-order valence-electron chi connectivity index (χ2n) is 6.89. The van der Waals surface area contributed by atoms with E-state index in [9.17, 15) is 4.79 Å². The van der Waals surface area contributed by atoms with Gasteiger partial charge in [-0.3, -0.25) is 9.89 Å². The van der Waals surface area contributed by atoms with Crippen molar-refractivity contribution in [2.24, 2.45) is 5.92 Å². The lowest BCUT2D eigenvalue weighted by atomic mass is 10.0. The monoisotopic (exact) mass is 430 g/mol. The van der Waals surface area contributed by atoms with E-state index in [0.717, 1.165) is 28.9 Å². The Bertz CT molecular complexity index is 950. The number of carbonyl (C=O) groups is 1. The van der Waals surface area contributed by atoms with Gasteiger partial charge in [-0.1, -0.05) is 48.8 Å². The largest absolute Gasteiger partial charge is 0.497 e. The fraction of sp³-hybridized carbons (Fsp3) is 0.421. The average Bonchev–Trinajstić information content (AvgIpc) is 3.50. The number of aromatic nitrogens is 5. The molecular weight excluding hydrogens is 408 g/mol. The predicted octanol–water partition coefficient (Wildman–Crippen LogP) is 3.94. The third-order valence-corrected chi connectivity index (χ3v) is 6.76. The van der Waals surface area contributed by atoms with Crippen LogP contribution in [-0.2, 0) is 12.2 Å². The van der Waals surface area contributed by atoms with E-state index in [0.29, 0.717) is 21.6 Å². The number of anilines is 1. The van der Waals surface area contributed by atoms with E-state index < -0.39 is 0 Å². The van der Waals surface area contributed by atoms with Gasteiger partial charge in [0.1, 0.15) is 16.6 Å². The van der Waals surface area contributed by atoms with Crippen molar-refractivity contribution in [1.82, 2.24) is 25.4 Å². The molecule has 0 saturated heterocycles. The summed E-state index contributed by atoms with van der Waals surface area (Å²) in [7, 11) is 1.60. The van der Waals surface area contributed by atoms with Gasteiger partial charge in [-0.15, -0.1) is 15.3 Å². The van der Waals surface area contributed by atoms with Crippen LogP contribution in [0.5, 0.6) is 5.75 Å². The number of nitrogens with one attached hydrogen (secondary N) is 2. The van der Waals surface area contributed by atoms with Crippen LogP contribution in [0.2, 0.25) is 0 Å². The van der Waals surface area contributed by atoms with E-state index >= 15 is 0 Å². The predicted molar refractivity (Wildman–Crippen MR) is 112 cm³/mol. The molecule has 1 aliphatic carbocycles. The van der Waals surface area contributed by atoms with E-state index in [1.54, 1.807) is 31.4 Å². The average molecular weight is 431 g/mol. The number of hydrogen-bond donors (Lipinski definition) is 2. The zero-order chi connectivity index (χ0) is 20.1. The van der Waals surface area contributed by atoms with E-state index in [4.69, 9.17) is 4.74 Å². The van der Waals surface area contributed by atoms with Crippen LogP contribution in [0.3, 0.4) is 0 Å². The molecule has 2 aromatic heterocycles. The van der Waals surface area contributed by atoms with Gasteiger partial charge in [0.25, 0.3) is 5.91 Å². The number of H-pyrrole nitrogens is 1. The van der Waals surface area contributed by atoms with E-state index in [1.165, 1.54) is 48.8 Å². The Morgan fingerprint density at radius 2 is 2.07 bits per heavy atom. The van der Waals surface area contributed by atoms with Crippen LogP contribution < -0.4 is 10.1 Å². The molecule has 1 aromatic carbocycles. The first-order chi connectivity index (χ1) is 14.2. The molecule has 8 nitrogen and oxygen atoms in total. The minimum atomic E-state index is -0.277. The van der Waals surface area contributed by atoms with Gasteiger partial charge in [0.2, 0.25) is 10.2 Å². The standard InChI is InChI=1S/C19H22N6O2S2/c1-27-14-8-6-13(7-9-14)20-17(26)18-24-23-16(29-18)11-28-19-21-15(22-25-19)10-12-4-2-3-5-12/h6-9,12H,2-5,10-11H2,1H3,(H,20,26)(H,21,22,25). The van der Waals surface area contributed by atoms with Gasteiger partial charge >= 0.3 is 0 Å². The summed E-state index contributed by atoms with van der Waals surface area (Å²) < 4.78 is 5.11. The number of benzene rings is 1. The summed E-state index contributed by atoms with van der Waals surface area (Å²) in [5.41, 5.74) is 0.678. The Labute approximate surface area is 176 Å². The number of amides is 1. The maximum absolute atomic E-state index is 12.4. The van der Waals surface area contributed by atoms with Crippen molar-refractivity contribution in [3.63, 3.8) is 0 Å². The Balaban J connectivity index is 1.28. The minimum Gasteiger partial charge on any atom is -0.497 e. The van der Waals surface area contributed by atoms with Gasteiger partial charge in [-0.05, 0) is 30.2 Å². The van der Waals surface area contributed by atoms with Crippen molar-refractivity contribution in [1.29, 1.82) is 0 Å². The van der Waals surface area contributed by atoms with Crippen LogP contribution in [0.15, 0.2) is 29.4 Å². The van der Waals surface area contributed by atoms with Crippen LogP contribution >= 0.6 is 23.1 Å². The first-order valence-electron chi connectivity index (χ1n) is 9.51. The molecule has 1 aliphatic rings. The first kappa shape index (κ1) is 19.8. The summed E-state index contributed by atoms with van der Waals surface area (Å²) >= 11 is 2.77. The molecule has 0 bridgehead atoms. The maximum atomic E-state index is 12.4. The number of nitrogens with zero attached hydrogens (tertiary/aromatic N) is 4. The lowest BCUT2D eigenvalue weighted by Gasteiger charge is -2.04. The van der Waals surface area contributed by atoms with E-state index in [1.807, 2.05) is 0 Å². The Morgan fingerprint density at radius 3 is 2.83 bits per heavy atom. The molecule has 0 aliphatic heterocycles. The number of carbonyl (C=O) groups excluding carboxylic acids is 1. The van der Waals surface area contributed by atoms with Gasteiger partial charge < -0.3 is 10.1 Å². The maximum Gasteiger partial charge on any atom is 0.286 e. The molecule has 152 valence electrons. The molecule has 0 atom stereocenters. The van der Waals surface area contributed by atoms with Crippen molar-refractivity contribution in [2.45, 2.75) is 43.0 Å². The van der Waals surface area contributed by atoms with Crippen molar-refractivity contribution >= 4 is 34.7 Å². The van der Waals surface area contributed by atoms with Crippen LogP contribution in [0.1, 0.15) is 46.3 Å². The summed E-state index contributed by atoms with van der Waals surface area (Å²) in [5.74, 6) is 2.72. The molecular formula is C19H22N6O2S2. The minimum absolute atomic E-state index is 0.277. The summed E-state index contributed by atoms with van der Waals surface area (Å²) in [5, 5.41) is 20.0. The third kappa shape index (κ3) is 5.33. The molecule has 0 spiro atoms. The number of ether oxygens (including phenoxy) is 1. The Kier molecular flexibility index (Phi) is 6.40. The highest BCUT2D eigenvalue weighted by atomic mass is 32.2. The molecule has 0 radical (unpaired) electrons. The molecule has 10 heteroatoms. The lowest BCUT2D eigenvalue weighted by molar-refractivity contribution is 0.102. The van der Waals surface area contributed by atoms with Crippen LogP contribution in [0.25, 0.3) is 0 Å². The molecule has 29 heavy (non-hydrogen) atoms. The van der Waals surface area contributed by atoms with Gasteiger partial charge in [-0.25, -0.2) is 4.98 Å². The van der Waals surface area contributed by atoms with E-state index in [2.05, 4.69) is 30.7 Å². The highest BCUT2D eigenvalue weighted by molar-refractivity contribution is 7.98. The van der Waals surface area contributed by atoms with Gasteiger partial charge in [0.15, 0.2) is 0 Å². The Hall–Kier alpha value is -2.46. The highest BCUT2D eigenvalue weighted by Crippen LogP contribution is 2.28. The summed E-state index contributed by atoms with van der Waals surface area (Å²) in [4.78, 5) is 16.9. The SMILES string of the molecule is COc1ccc(NC(=O)c2nnc(CSc3n[nH]c(CC4CCCC4)n3)s2)cc1. The number of hydrogen-bond acceptors (Lipinski definition) is 8. The quantitative estimate of drug-likeness (QED) is 0.521. The summed E-state index contributed by atoms with van der Waals surface area (Å²) in [6.07, 6.45) is 6.20. The normalized spacial score (nSPS) is 14.2. The number of rotatable bonds is 8. The fourth-order valence-corrected chi connectivity index (χ4v) is 4.85. The second-order valence-corrected chi connectivity index (χ2v) is 8.90. The Morgan fingerprint density at radius 1 is 1.28 bits per heavy atom. The summed E-state index contributed by atoms with van der Waals surface area (Å²) in [6, 6.07) is 7.13. The molecule has 0 unspecified atom stereocenters. The van der Waals surface area contributed by atoms with Crippen LogP contribution in [-0.4, -0.2) is 38.4 Å². The molecule has 2 heterocycles. The molecule has 1 fully saturated rings. The molecule has 4 rings (SSSR count). The van der Waals surface area contributed by atoms with Gasteiger partial charge in [0, 0.05) is 12.1 Å². The van der Waals surface area contributed by atoms with Gasteiger partial charge in [-0.2, -0.15) is 0 Å². The zero-order valence-corrected chi connectivity index (χ0v) is 17.7. The van der Waals surface area contributed by atoms with Crippen LogP contribution in [0, 0.1) is 5.92 Å². The molecule has 1 amide bonds. The van der Waals surface area contributed by atoms with Crippen molar-refractivity contribution in [3.8, 4) is 5.75 Å². The van der Waals surface area contributed by atoms with Gasteiger partial charge in [0.05, 0.1) is 12.9 Å². The van der Waals surface area contributed by atoms with Crippen molar-refractivity contribution < 1.29 is 9.53 Å². The first-order valence-corrected chi connectivity index (χ1v) is 11.3. The number of aromatic amines is 1. The number of thioether (sulfide) groups is 1. The van der Waals surface area contributed by atoms with Crippen molar-refractivity contribution in [3.05, 3.63) is 40.1 Å². The fourth-order valence-electron chi connectivity index (χ4n) is 3.31. The molecule has 3 aromatic rings. The highest BCUT2D eigenvalue weighted by Gasteiger charge is 2.18. The van der Waals surface area contributed by atoms with Crippen molar-refractivity contribution in [2.75, 3.05) is 12.4 Å². The molecule has 1 saturated carbocycles. The summed E-state index contributed by atoms with van der Waals surface area (Å²) in [6.45, 7) is 0. The molecule has 2 N–H and O–H groups in total.